The molecule has 0 saturated carbocycles. The molecule has 5 nitrogen and oxygen atoms in total. The molecule has 1 rings (SSSR count). The fraction of sp³-hybridized carbons (Fsp3) is 0.944. The van der Waals surface area contributed by atoms with Crippen LogP contribution in [0, 0.1) is 0 Å². The smallest absolute Gasteiger partial charge is 0.191 e. The van der Waals surface area contributed by atoms with Gasteiger partial charge in [-0.3, -0.25) is 4.99 Å². The summed E-state index contributed by atoms with van der Waals surface area (Å²) in [5.41, 5.74) is 0. The van der Waals surface area contributed by atoms with Gasteiger partial charge in [-0.1, -0.05) is 26.2 Å². The lowest BCUT2D eigenvalue weighted by Gasteiger charge is -2.20. The fourth-order valence-electron chi connectivity index (χ4n) is 2.95. The van der Waals surface area contributed by atoms with Crippen molar-refractivity contribution in [2.24, 2.45) is 4.99 Å². The number of hydrogen-bond acceptors (Lipinski definition) is 3. The second kappa shape index (κ2) is 12.6. The van der Waals surface area contributed by atoms with Crippen LogP contribution in [0.5, 0.6) is 0 Å². The van der Waals surface area contributed by atoms with E-state index < -0.39 is 0 Å². The van der Waals surface area contributed by atoms with Crippen molar-refractivity contribution in [3.8, 4) is 0 Å². The number of hydrogen-bond donors (Lipinski definition) is 2. The third-order valence-corrected chi connectivity index (χ3v) is 4.47. The molecule has 5 heteroatoms. The van der Waals surface area contributed by atoms with E-state index in [1.807, 2.05) is 0 Å². The molecule has 0 spiro atoms. The van der Waals surface area contributed by atoms with Gasteiger partial charge in [0.05, 0.1) is 6.54 Å². The second-order valence-electron chi connectivity index (χ2n) is 6.80. The van der Waals surface area contributed by atoms with E-state index in [2.05, 4.69) is 48.3 Å². The van der Waals surface area contributed by atoms with Crippen molar-refractivity contribution < 1.29 is 0 Å². The molecule has 0 aromatic carbocycles. The number of guanidine groups is 1. The molecule has 1 saturated heterocycles. The van der Waals surface area contributed by atoms with Crippen molar-refractivity contribution in [2.75, 3.05) is 52.9 Å². The van der Waals surface area contributed by atoms with Crippen LogP contribution in [0.15, 0.2) is 4.99 Å². The number of unbranched alkanes of at least 4 members (excludes halogenated alkanes) is 2. The van der Waals surface area contributed by atoms with Crippen LogP contribution in [0.1, 0.15) is 52.9 Å². The Kier molecular flexibility index (Phi) is 11.1. The molecular formula is C18H39N5. The minimum atomic E-state index is 0.492. The van der Waals surface area contributed by atoms with Crippen molar-refractivity contribution >= 4 is 5.96 Å². The van der Waals surface area contributed by atoms with Crippen molar-refractivity contribution in [1.29, 1.82) is 0 Å². The largest absolute Gasteiger partial charge is 0.357 e. The predicted molar refractivity (Wildman–Crippen MR) is 101 cm³/mol. The Morgan fingerprint density at radius 2 is 1.96 bits per heavy atom. The Hall–Kier alpha value is -0.810. The maximum atomic E-state index is 4.76. The first-order chi connectivity index (χ1) is 11.2. The lowest BCUT2D eigenvalue weighted by atomic mass is 10.1. The summed E-state index contributed by atoms with van der Waals surface area (Å²) in [7, 11) is 2.22. The van der Waals surface area contributed by atoms with Crippen LogP contribution in [0.4, 0.5) is 0 Å². The molecule has 1 heterocycles. The highest BCUT2D eigenvalue weighted by Crippen LogP contribution is 2.03. The Morgan fingerprint density at radius 1 is 1.13 bits per heavy atom. The van der Waals surface area contributed by atoms with Gasteiger partial charge in [0.25, 0.3) is 0 Å². The van der Waals surface area contributed by atoms with Gasteiger partial charge in [-0.25, -0.2) is 0 Å². The van der Waals surface area contributed by atoms with Crippen molar-refractivity contribution in [2.45, 2.75) is 58.9 Å². The zero-order chi connectivity index (χ0) is 16.9. The molecule has 136 valence electrons. The Labute approximate surface area is 143 Å². The standard InChI is InChI=1S/C18H39N5/c1-5-7-8-10-17(3)21-18(19-6-2)20-11-14-23-13-9-12-22(4)15-16-23/h17H,5-16H2,1-4H3,(H2,19,20,21). The number of likely N-dealkylation sites (N-methyl/N-ethyl adjacent to an activating group) is 1. The van der Waals surface area contributed by atoms with Gasteiger partial charge in [-0.2, -0.15) is 0 Å². The number of rotatable bonds is 9. The summed E-state index contributed by atoms with van der Waals surface area (Å²) in [5, 5.41) is 6.92. The van der Waals surface area contributed by atoms with Crippen LogP contribution in [0.2, 0.25) is 0 Å². The zero-order valence-corrected chi connectivity index (χ0v) is 15.9. The van der Waals surface area contributed by atoms with E-state index in [-0.39, 0.29) is 0 Å². The van der Waals surface area contributed by atoms with Crippen LogP contribution < -0.4 is 10.6 Å². The van der Waals surface area contributed by atoms with E-state index in [4.69, 9.17) is 4.99 Å². The van der Waals surface area contributed by atoms with Gasteiger partial charge in [0.15, 0.2) is 5.96 Å². The van der Waals surface area contributed by atoms with Gasteiger partial charge in [-0.15, -0.1) is 0 Å². The summed E-state index contributed by atoms with van der Waals surface area (Å²) >= 11 is 0. The van der Waals surface area contributed by atoms with Crippen LogP contribution in [0.25, 0.3) is 0 Å². The Bertz CT molecular complexity index is 319. The molecule has 1 fully saturated rings. The molecule has 1 aliphatic rings. The molecule has 1 unspecified atom stereocenters. The summed E-state index contributed by atoms with van der Waals surface area (Å²) in [6.07, 6.45) is 6.39. The van der Waals surface area contributed by atoms with Gasteiger partial charge in [0.1, 0.15) is 0 Å². The first-order valence-corrected chi connectivity index (χ1v) is 9.61. The molecule has 0 bridgehead atoms. The minimum Gasteiger partial charge on any atom is -0.357 e. The highest BCUT2D eigenvalue weighted by atomic mass is 15.2. The molecule has 1 atom stereocenters. The van der Waals surface area contributed by atoms with Crippen LogP contribution in [-0.4, -0.2) is 74.7 Å². The lowest BCUT2D eigenvalue weighted by Crippen LogP contribution is -2.42. The topological polar surface area (TPSA) is 42.9 Å². The maximum Gasteiger partial charge on any atom is 0.191 e. The highest BCUT2D eigenvalue weighted by Gasteiger charge is 2.11. The first kappa shape index (κ1) is 20.2. The Morgan fingerprint density at radius 3 is 2.70 bits per heavy atom. The van der Waals surface area contributed by atoms with E-state index in [1.165, 1.54) is 58.3 Å². The molecule has 0 radical (unpaired) electrons. The van der Waals surface area contributed by atoms with Gasteiger partial charge in [0.2, 0.25) is 0 Å². The third-order valence-electron chi connectivity index (χ3n) is 4.47. The fourth-order valence-corrected chi connectivity index (χ4v) is 2.95. The SMILES string of the molecule is CCCCCC(C)NC(=NCCN1CCCN(C)CC1)NCC. The number of aliphatic imine (C=N–C) groups is 1. The van der Waals surface area contributed by atoms with Gasteiger partial charge in [-0.05, 0) is 46.8 Å². The lowest BCUT2D eigenvalue weighted by molar-refractivity contribution is 0.283. The Balaban J connectivity index is 2.32. The van der Waals surface area contributed by atoms with E-state index in [9.17, 15) is 0 Å². The number of nitrogens with one attached hydrogen (secondary N) is 2. The number of nitrogens with zero attached hydrogens (tertiary/aromatic N) is 3. The van der Waals surface area contributed by atoms with Crippen molar-refractivity contribution in [3.63, 3.8) is 0 Å². The molecule has 23 heavy (non-hydrogen) atoms. The van der Waals surface area contributed by atoms with Gasteiger partial charge in [0, 0.05) is 32.2 Å². The summed E-state index contributed by atoms with van der Waals surface area (Å²) in [6.45, 7) is 14.3. The average molecular weight is 326 g/mol. The van der Waals surface area contributed by atoms with Crippen molar-refractivity contribution in [3.05, 3.63) is 0 Å². The third kappa shape index (κ3) is 9.82. The molecule has 0 aromatic rings. The highest BCUT2D eigenvalue weighted by molar-refractivity contribution is 5.80. The molecule has 1 aliphatic heterocycles. The van der Waals surface area contributed by atoms with Crippen LogP contribution >= 0.6 is 0 Å². The summed E-state index contributed by atoms with van der Waals surface area (Å²) < 4.78 is 0. The summed E-state index contributed by atoms with van der Waals surface area (Å²) in [4.78, 5) is 9.73. The summed E-state index contributed by atoms with van der Waals surface area (Å²) in [5.74, 6) is 0.975. The van der Waals surface area contributed by atoms with E-state index >= 15 is 0 Å². The van der Waals surface area contributed by atoms with Crippen molar-refractivity contribution in [1.82, 2.24) is 20.4 Å². The van der Waals surface area contributed by atoms with E-state index in [0.29, 0.717) is 6.04 Å². The molecule has 0 aromatic heterocycles. The van der Waals surface area contributed by atoms with E-state index in [0.717, 1.165) is 25.6 Å². The molecule has 2 N–H and O–H groups in total. The predicted octanol–water partition coefficient (Wildman–Crippen LogP) is 2.15. The van der Waals surface area contributed by atoms with Crippen LogP contribution in [-0.2, 0) is 0 Å². The minimum absolute atomic E-state index is 0.492. The zero-order valence-electron chi connectivity index (χ0n) is 15.9. The maximum absolute atomic E-state index is 4.76. The summed E-state index contributed by atoms with van der Waals surface area (Å²) in [6, 6.07) is 0.492. The molecular weight excluding hydrogens is 286 g/mol. The molecule has 0 amide bonds. The molecule has 0 aliphatic carbocycles. The average Bonchev–Trinajstić information content (AvgIpc) is 2.72. The van der Waals surface area contributed by atoms with E-state index in [1.54, 1.807) is 0 Å². The first-order valence-electron chi connectivity index (χ1n) is 9.61. The normalized spacial score (nSPS) is 19.4. The second-order valence-corrected chi connectivity index (χ2v) is 6.80. The van der Waals surface area contributed by atoms with Gasteiger partial charge >= 0.3 is 0 Å². The quantitative estimate of drug-likeness (QED) is 0.387. The van der Waals surface area contributed by atoms with Gasteiger partial charge < -0.3 is 20.4 Å². The van der Waals surface area contributed by atoms with Crippen LogP contribution in [0.3, 0.4) is 0 Å². The monoisotopic (exact) mass is 325 g/mol.